The Morgan fingerprint density at radius 2 is 1.68 bits per heavy atom. The molecule has 0 saturated heterocycles. The Morgan fingerprint density at radius 1 is 1.16 bits per heavy atom. The molecule has 2 nitrogen and oxygen atoms in total. The summed E-state index contributed by atoms with van der Waals surface area (Å²) in [6.45, 7) is 12.1. The second-order valence-corrected chi connectivity index (χ2v) is 8.00. The number of halogens is 1. The minimum atomic E-state index is -1.38. The third-order valence-electron chi connectivity index (χ3n) is 4.20. The Hall–Kier alpha value is -0.250. The van der Waals surface area contributed by atoms with Gasteiger partial charge in [-0.15, -0.1) is 11.8 Å². The van der Waals surface area contributed by atoms with Crippen LogP contribution >= 0.6 is 11.8 Å². The van der Waals surface area contributed by atoms with E-state index in [0.717, 1.165) is 12.8 Å². The van der Waals surface area contributed by atoms with Crippen molar-refractivity contribution in [3.05, 3.63) is 0 Å². The van der Waals surface area contributed by atoms with E-state index in [0.29, 0.717) is 12.2 Å². The van der Waals surface area contributed by atoms with Crippen LogP contribution in [0.15, 0.2) is 0 Å². The van der Waals surface area contributed by atoms with E-state index < -0.39 is 16.4 Å². The van der Waals surface area contributed by atoms with Crippen LogP contribution in [0.1, 0.15) is 67.2 Å². The number of aliphatic carboxylic acids is 1. The van der Waals surface area contributed by atoms with E-state index in [1.165, 1.54) is 11.8 Å². The van der Waals surface area contributed by atoms with Gasteiger partial charge in [0, 0.05) is 11.2 Å². The summed E-state index contributed by atoms with van der Waals surface area (Å²) in [5.41, 5.74) is -0.528. The normalized spacial score (nSPS) is 16.2. The largest absolute Gasteiger partial charge is 0.481 e. The first kappa shape index (κ1) is 18.8. The molecule has 19 heavy (non-hydrogen) atoms. The van der Waals surface area contributed by atoms with Crippen molar-refractivity contribution in [3.8, 4) is 0 Å². The van der Waals surface area contributed by atoms with Crippen LogP contribution in [0, 0.1) is 10.8 Å². The molecular formula is C15H29FO2S. The van der Waals surface area contributed by atoms with Gasteiger partial charge < -0.3 is 5.11 Å². The van der Waals surface area contributed by atoms with Crippen molar-refractivity contribution in [3.63, 3.8) is 0 Å². The number of carboxylic acids is 1. The lowest BCUT2D eigenvalue weighted by Gasteiger charge is -2.43. The van der Waals surface area contributed by atoms with Crippen LogP contribution < -0.4 is 0 Å². The zero-order chi connectivity index (χ0) is 15.3. The van der Waals surface area contributed by atoms with Gasteiger partial charge in [0.2, 0.25) is 0 Å². The molecule has 0 aromatic rings. The highest BCUT2D eigenvalue weighted by Gasteiger charge is 2.47. The topological polar surface area (TPSA) is 37.3 Å². The van der Waals surface area contributed by atoms with Gasteiger partial charge in [-0.1, -0.05) is 48.0 Å². The number of rotatable bonds is 9. The molecule has 0 aromatic heterocycles. The molecule has 4 heteroatoms. The number of carboxylic acid groups (broad SMARTS) is 1. The highest BCUT2D eigenvalue weighted by atomic mass is 32.2. The number of alkyl halides is 1. The lowest BCUT2D eigenvalue weighted by Crippen LogP contribution is -2.41. The quantitative estimate of drug-likeness (QED) is 0.640. The Balaban J connectivity index is 4.97. The number of thioether (sulfide) groups is 1. The molecule has 1 N–H and O–H groups in total. The summed E-state index contributed by atoms with van der Waals surface area (Å²) >= 11 is 1.18. The Bertz CT molecular complexity index is 303. The standard InChI is InChI=1S/C15H29FO2S/c1-7-13(3,4)11-15(16,14(5,6)8-2)19-10-9-12(17)18/h7-11H2,1-6H3,(H,17,18). The summed E-state index contributed by atoms with van der Waals surface area (Å²) in [6.07, 6.45) is 2.13. The molecule has 0 radical (unpaired) electrons. The zero-order valence-electron chi connectivity index (χ0n) is 13.2. The van der Waals surface area contributed by atoms with Crippen molar-refractivity contribution in [2.45, 2.75) is 72.2 Å². The van der Waals surface area contributed by atoms with Crippen molar-refractivity contribution >= 4 is 17.7 Å². The fourth-order valence-corrected chi connectivity index (χ4v) is 3.42. The smallest absolute Gasteiger partial charge is 0.304 e. The third kappa shape index (κ3) is 5.72. The Morgan fingerprint density at radius 3 is 2.05 bits per heavy atom. The minimum Gasteiger partial charge on any atom is -0.481 e. The molecule has 0 saturated carbocycles. The van der Waals surface area contributed by atoms with Gasteiger partial charge in [-0.25, -0.2) is 4.39 Å². The minimum absolute atomic E-state index is 0.0166. The summed E-state index contributed by atoms with van der Waals surface area (Å²) in [4.78, 5) is 10.6. The van der Waals surface area contributed by atoms with Crippen LogP contribution in [-0.4, -0.2) is 21.8 Å². The zero-order valence-corrected chi connectivity index (χ0v) is 14.0. The molecule has 0 aliphatic carbocycles. The molecule has 0 amide bonds. The fourth-order valence-electron chi connectivity index (χ4n) is 1.79. The van der Waals surface area contributed by atoms with Gasteiger partial charge in [0.15, 0.2) is 5.00 Å². The average Bonchev–Trinajstić information content (AvgIpc) is 2.27. The first-order chi connectivity index (χ1) is 8.49. The van der Waals surface area contributed by atoms with Crippen LogP contribution in [0.5, 0.6) is 0 Å². The second-order valence-electron chi connectivity index (χ2n) is 6.65. The highest BCUT2D eigenvalue weighted by Crippen LogP contribution is 2.52. The molecule has 0 spiro atoms. The van der Waals surface area contributed by atoms with Gasteiger partial charge in [0.05, 0.1) is 6.42 Å². The molecule has 0 aliphatic heterocycles. The van der Waals surface area contributed by atoms with E-state index in [2.05, 4.69) is 20.8 Å². The number of hydrogen-bond donors (Lipinski definition) is 1. The summed E-state index contributed by atoms with van der Waals surface area (Å²) in [5, 5.41) is 7.34. The SMILES string of the molecule is CCC(C)(C)CC(F)(SCCC(=O)O)C(C)(C)CC. The summed E-state index contributed by atoms with van der Waals surface area (Å²) in [5.74, 6) is -0.534. The molecule has 0 fully saturated rings. The second kappa shape index (κ2) is 6.96. The monoisotopic (exact) mass is 292 g/mol. The lowest BCUT2D eigenvalue weighted by atomic mass is 9.74. The third-order valence-corrected chi connectivity index (χ3v) is 5.77. The van der Waals surface area contributed by atoms with Crippen molar-refractivity contribution in [2.24, 2.45) is 10.8 Å². The predicted molar refractivity (Wildman–Crippen MR) is 81.3 cm³/mol. The molecule has 0 bridgehead atoms. The van der Waals surface area contributed by atoms with Crippen molar-refractivity contribution in [1.29, 1.82) is 0 Å². The van der Waals surface area contributed by atoms with Crippen molar-refractivity contribution in [2.75, 3.05) is 5.75 Å². The van der Waals surface area contributed by atoms with E-state index in [1.54, 1.807) is 0 Å². The molecule has 0 heterocycles. The summed E-state index contributed by atoms with van der Waals surface area (Å²) in [7, 11) is 0. The number of carbonyl (C=O) groups is 1. The molecule has 0 aliphatic rings. The van der Waals surface area contributed by atoms with Gasteiger partial charge in [-0.3, -0.25) is 4.79 Å². The molecule has 0 aromatic carbocycles. The van der Waals surface area contributed by atoms with Crippen molar-refractivity contribution < 1.29 is 14.3 Å². The maximum atomic E-state index is 15.5. The molecule has 0 rings (SSSR count). The van der Waals surface area contributed by atoms with E-state index in [1.807, 2.05) is 20.8 Å². The van der Waals surface area contributed by atoms with E-state index in [-0.39, 0.29) is 11.8 Å². The van der Waals surface area contributed by atoms with Crippen LogP contribution in [0.25, 0.3) is 0 Å². The van der Waals surface area contributed by atoms with Crippen LogP contribution in [0.2, 0.25) is 0 Å². The molecule has 1 unspecified atom stereocenters. The maximum Gasteiger partial charge on any atom is 0.304 e. The van der Waals surface area contributed by atoms with Crippen LogP contribution in [-0.2, 0) is 4.79 Å². The molecular weight excluding hydrogens is 263 g/mol. The Kier molecular flexibility index (Phi) is 6.87. The summed E-state index contributed by atoms with van der Waals surface area (Å²) < 4.78 is 15.5. The van der Waals surface area contributed by atoms with E-state index >= 15 is 4.39 Å². The van der Waals surface area contributed by atoms with Gasteiger partial charge in [-0.05, 0) is 18.3 Å². The highest BCUT2D eigenvalue weighted by molar-refractivity contribution is 8.00. The predicted octanol–water partition coefficient (Wildman–Crippen LogP) is 5.12. The van der Waals surface area contributed by atoms with Crippen molar-refractivity contribution in [1.82, 2.24) is 0 Å². The number of hydrogen-bond acceptors (Lipinski definition) is 2. The molecule has 1 atom stereocenters. The van der Waals surface area contributed by atoms with E-state index in [4.69, 9.17) is 5.11 Å². The lowest BCUT2D eigenvalue weighted by molar-refractivity contribution is -0.136. The summed E-state index contributed by atoms with van der Waals surface area (Å²) in [6, 6.07) is 0. The van der Waals surface area contributed by atoms with Gasteiger partial charge >= 0.3 is 5.97 Å². The van der Waals surface area contributed by atoms with Gasteiger partial charge in [0.25, 0.3) is 0 Å². The molecule has 114 valence electrons. The van der Waals surface area contributed by atoms with Gasteiger partial charge in [0.1, 0.15) is 0 Å². The maximum absolute atomic E-state index is 15.5. The van der Waals surface area contributed by atoms with E-state index in [9.17, 15) is 4.79 Å². The van der Waals surface area contributed by atoms with Crippen LogP contribution in [0.4, 0.5) is 4.39 Å². The first-order valence-corrected chi connectivity index (χ1v) is 8.03. The Labute approximate surface area is 121 Å². The van der Waals surface area contributed by atoms with Gasteiger partial charge in [-0.2, -0.15) is 0 Å². The fraction of sp³-hybridized carbons (Fsp3) is 0.933. The van der Waals surface area contributed by atoms with Crippen LogP contribution in [0.3, 0.4) is 0 Å². The first-order valence-electron chi connectivity index (χ1n) is 7.04. The average molecular weight is 292 g/mol.